The third-order valence-corrected chi connectivity index (χ3v) is 10.4. The Morgan fingerprint density at radius 1 is 0.964 bits per heavy atom. The van der Waals surface area contributed by atoms with Crippen molar-refractivity contribution < 1.29 is 14.3 Å². The first-order valence-corrected chi connectivity index (χ1v) is 11.6. The number of allylic oxidation sites excluding steroid dienone is 2. The highest BCUT2D eigenvalue weighted by Crippen LogP contribution is 2.38. The minimum Gasteiger partial charge on any atom is -0.480 e. The summed E-state index contributed by atoms with van der Waals surface area (Å²) in [6.07, 6.45) is 8.11. The Balaban J connectivity index is 2.14. The van der Waals surface area contributed by atoms with Gasteiger partial charge in [0.15, 0.2) is 0 Å². The lowest BCUT2D eigenvalue weighted by molar-refractivity contribution is -0.145. The average molecular weight is 393 g/mol. The molecule has 0 aromatic heterocycles. The van der Waals surface area contributed by atoms with Gasteiger partial charge in [0.25, 0.3) is 8.32 Å². The molecule has 0 spiro atoms. The second kappa shape index (κ2) is 7.90. The Kier molecular flexibility index (Phi) is 5.73. The second-order valence-electron chi connectivity index (χ2n) is 8.34. The number of aliphatic carboxylic acids is 1. The minimum atomic E-state index is -2.76. The number of hydrogen-bond donors (Lipinski definition) is 1. The number of carboxylic acid groups (broad SMARTS) is 1. The lowest BCUT2D eigenvalue weighted by Gasteiger charge is -2.44. The van der Waals surface area contributed by atoms with Crippen molar-refractivity contribution in [3.8, 4) is 0 Å². The third-order valence-electron chi connectivity index (χ3n) is 5.45. The normalized spacial score (nSPS) is 16.1. The molecule has 0 atom stereocenters. The number of benzene rings is 2. The van der Waals surface area contributed by atoms with Crippen molar-refractivity contribution in [1.82, 2.24) is 0 Å². The molecule has 1 aliphatic carbocycles. The van der Waals surface area contributed by atoms with Crippen LogP contribution in [0.1, 0.15) is 27.2 Å². The molecule has 3 nitrogen and oxygen atoms in total. The first kappa shape index (κ1) is 20.3. The number of carbonyl (C=O) groups is 1. The van der Waals surface area contributed by atoms with Gasteiger partial charge in [0.2, 0.25) is 0 Å². The van der Waals surface area contributed by atoms with Gasteiger partial charge in [0.05, 0.1) is 6.61 Å². The molecular weight excluding hydrogens is 364 g/mol. The summed E-state index contributed by atoms with van der Waals surface area (Å²) in [5, 5.41) is 12.1. The van der Waals surface area contributed by atoms with Gasteiger partial charge >= 0.3 is 5.97 Å². The van der Waals surface area contributed by atoms with Crippen LogP contribution in [0.2, 0.25) is 5.04 Å². The molecule has 0 aliphatic heterocycles. The maximum atomic E-state index is 12.1. The predicted molar refractivity (Wildman–Crippen MR) is 117 cm³/mol. The largest absolute Gasteiger partial charge is 0.480 e. The van der Waals surface area contributed by atoms with Crippen LogP contribution in [-0.2, 0) is 9.22 Å². The molecule has 2 aromatic carbocycles. The smallest absolute Gasteiger partial charge is 0.319 e. The van der Waals surface area contributed by atoms with Crippen molar-refractivity contribution in [1.29, 1.82) is 0 Å². The summed E-state index contributed by atoms with van der Waals surface area (Å²) >= 11 is 0. The Morgan fingerprint density at radius 2 is 1.43 bits per heavy atom. The van der Waals surface area contributed by atoms with E-state index in [0.717, 1.165) is 16.8 Å². The molecule has 0 heterocycles. The molecular formula is C24H28O3Si. The van der Waals surface area contributed by atoms with Gasteiger partial charge in [-0.15, -0.1) is 0 Å². The molecule has 0 bridgehead atoms. The van der Waals surface area contributed by atoms with E-state index in [9.17, 15) is 9.90 Å². The van der Waals surface area contributed by atoms with Gasteiger partial charge < -0.3 is 9.53 Å². The molecule has 0 saturated carbocycles. The standard InChI is InChI=1S/C24H28O3Si/c1-23(2,3)28(20-13-7-4-8-14-20,21-15-9-5-10-16-21)27-19-24(22(25)26)17-11-6-12-18-24/h4-5,7-18H,6,19H2,1-3H3,(H,25,26). The van der Waals surface area contributed by atoms with Crippen LogP contribution >= 0.6 is 0 Å². The van der Waals surface area contributed by atoms with Crippen LogP contribution in [0.3, 0.4) is 0 Å². The number of rotatable bonds is 6. The Hall–Kier alpha value is -2.43. The summed E-state index contributed by atoms with van der Waals surface area (Å²) < 4.78 is 6.83. The molecule has 0 radical (unpaired) electrons. The fourth-order valence-electron chi connectivity index (χ4n) is 3.98. The van der Waals surface area contributed by atoms with Gasteiger partial charge in [0.1, 0.15) is 5.41 Å². The Bertz CT molecular complexity index is 812. The highest BCUT2D eigenvalue weighted by molar-refractivity contribution is 6.99. The van der Waals surface area contributed by atoms with Crippen molar-refractivity contribution in [2.45, 2.75) is 32.2 Å². The molecule has 146 valence electrons. The molecule has 4 heteroatoms. The summed E-state index contributed by atoms with van der Waals surface area (Å²) in [6.45, 7) is 6.69. The van der Waals surface area contributed by atoms with Crippen LogP contribution in [0.4, 0.5) is 0 Å². The fourth-order valence-corrected chi connectivity index (χ4v) is 8.59. The topological polar surface area (TPSA) is 46.5 Å². The first-order chi connectivity index (χ1) is 13.3. The summed E-state index contributed by atoms with van der Waals surface area (Å²) in [4.78, 5) is 12.1. The maximum Gasteiger partial charge on any atom is 0.319 e. The molecule has 0 unspecified atom stereocenters. The van der Waals surface area contributed by atoms with Crippen LogP contribution in [0.25, 0.3) is 0 Å². The lowest BCUT2D eigenvalue weighted by atomic mass is 9.85. The monoisotopic (exact) mass is 392 g/mol. The van der Waals surface area contributed by atoms with Crippen LogP contribution in [-0.4, -0.2) is 26.0 Å². The first-order valence-electron chi connectivity index (χ1n) is 9.66. The van der Waals surface area contributed by atoms with E-state index in [0.29, 0.717) is 0 Å². The van der Waals surface area contributed by atoms with E-state index in [4.69, 9.17) is 4.43 Å². The van der Waals surface area contributed by atoms with Gasteiger partial charge in [0, 0.05) is 0 Å². The van der Waals surface area contributed by atoms with E-state index in [1.807, 2.05) is 48.6 Å². The average Bonchev–Trinajstić information content (AvgIpc) is 2.70. The molecule has 3 rings (SSSR count). The molecule has 2 aromatic rings. The predicted octanol–water partition coefficient (Wildman–Crippen LogP) is 4.15. The van der Waals surface area contributed by atoms with Crippen molar-refractivity contribution >= 4 is 24.7 Å². The molecule has 1 aliphatic rings. The summed E-state index contributed by atoms with van der Waals surface area (Å²) in [5.74, 6) is -0.877. The Morgan fingerprint density at radius 3 is 1.82 bits per heavy atom. The summed E-state index contributed by atoms with van der Waals surface area (Å²) in [5.41, 5.74) is -1.12. The molecule has 1 N–H and O–H groups in total. The molecule has 0 fully saturated rings. The van der Waals surface area contributed by atoms with E-state index in [2.05, 4.69) is 45.0 Å². The highest BCUT2D eigenvalue weighted by Gasteiger charge is 2.51. The highest BCUT2D eigenvalue weighted by atomic mass is 28.4. The van der Waals surface area contributed by atoms with Gasteiger partial charge in [-0.25, -0.2) is 0 Å². The van der Waals surface area contributed by atoms with E-state index < -0.39 is 19.7 Å². The van der Waals surface area contributed by atoms with Gasteiger partial charge in [-0.05, 0) is 21.8 Å². The SMILES string of the molecule is CC(C)(C)[Si](OCC1(C(=O)O)C=CCC=C1)(c1ccccc1)c1ccccc1. The van der Waals surface area contributed by atoms with E-state index in [-0.39, 0.29) is 11.6 Å². The van der Waals surface area contributed by atoms with Gasteiger partial charge in [-0.1, -0.05) is 106 Å². The summed E-state index contributed by atoms with van der Waals surface area (Å²) in [7, 11) is -2.76. The molecule has 28 heavy (non-hydrogen) atoms. The van der Waals surface area contributed by atoms with Crippen LogP contribution in [0.15, 0.2) is 85.0 Å². The van der Waals surface area contributed by atoms with Crippen LogP contribution in [0.5, 0.6) is 0 Å². The van der Waals surface area contributed by atoms with Gasteiger partial charge in [-0.2, -0.15) is 0 Å². The van der Waals surface area contributed by atoms with Crippen molar-refractivity contribution in [2.24, 2.45) is 5.41 Å². The van der Waals surface area contributed by atoms with E-state index >= 15 is 0 Å². The third kappa shape index (κ3) is 3.62. The zero-order chi connectivity index (χ0) is 20.3. The maximum absolute atomic E-state index is 12.1. The Labute approximate surface area is 168 Å². The van der Waals surface area contributed by atoms with Crippen LogP contribution in [0, 0.1) is 5.41 Å². The number of carboxylic acids is 1. The zero-order valence-electron chi connectivity index (χ0n) is 16.8. The van der Waals surface area contributed by atoms with Crippen molar-refractivity contribution in [3.05, 3.63) is 85.0 Å². The second-order valence-corrected chi connectivity index (χ2v) is 12.6. The van der Waals surface area contributed by atoms with Gasteiger partial charge in [-0.3, -0.25) is 4.79 Å². The van der Waals surface area contributed by atoms with Crippen molar-refractivity contribution in [3.63, 3.8) is 0 Å². The zero-order valence-corrected chi connectivity index (χ0v) is 17.8. The fraction of sp³-hybridized carbons (Fsp3) is 0.292. The lowest BCUT2D eigenvalue weighted by Crippen LogP contribution is -2.67. The molecule has 0 saturated heterocycles. The van der Waals surface area contributed by atoms with Crippen LogP contribution < -0.4 is 10.4 Å². The quantitative estimate of drug-likeness (QED) is 0.593. The molecule has 0 amide bonds. The number of hydrogen-bond acceptors (Lipinski definition) is 2. The summed E-state index contributed by atoms with van der Waals surface area (Å²) in [6, 6.07) is 20.6. The minimum absolute atomic E-state index is 0.114. The van der Waals surface area contributed by atoms with E-state index in [1.165, 1.54) is 0 Å². The van der Waals surface area contributed by atoms with E-state index in [1.54, 1.807) is 12.2 Å². The van der Waals surface area contributed by atoms with Crippen molar-refractivity contribution in [2.75, 3.05) is 6.61 Å².